The zero-order chi connectivity index (χ0) is 10.7. The van der Waals surface area contributed by atoms with E-state index in [-0.39, 0.29) is 23.6 Å². The van der Waals surface area contributed by atoms with E-state index in [9.17, 15) is 15.2 Å². The molecule has 6 heteroatoms. The highest BCUT2D eigenvalue weighted by Gasteiger charge is 2.14. The number of nitrogens with zero attached hydrogens (tertiary/aromatic N) is 1. The lowest BCUT2D eigenvalue weighted by atomic mass is 10.1. The van der Waals surface area contributed by atoms with E-state index in [0.717, 1.165) is 6.07 Å². The van der Waals surface area contributed by atoms with Crippen molar-refractivity contribution in [3.8, 4) is 5.75 Å². The summed E-state index contributed by atoms with van der Waals surface area (Å²) in [7, 11) is 0. The number of aliphatic hydroxyl groups excluding tert-OH is 1. The Kier molecular flexibility index (Phi) is 3.00. The van der Waals surface area contributed by atoms with E-state index in [2.05, 4.69) is 0 Å². The van der Waals surface area contributed by atoms with Crippen molar-refractivity contribution in [3.05, 3.63) is 33.9 Å². The largest absolute Gasteiger partial charge is 0.508 e. The lowest BCUT2D eigenvalue weighted by Gasteiger charge is -2.09. The molecule has 1 atom stereocenters. The van der Waals surface area contributed by atoms with Crippen molar-refractivity contribution in [3.63, 3.8) is 0 Å². The third-order valence-corrected chi connectivity index (χ3v) is 1.82. The summed E-state index contributed by atoms with van der Waals surface area (Å²) in [5.74, 6) is -0.155. The van der Waals surface area contributed by atoms with E-state index in [0.29, 0.717) is 0 Å². The molecule has 6 nitrogen and oxygen atoms in total. The molecule has 14 heavy (non-hydrogen) atoms. The van der Waals surface area contributed by atoms with Crippen LogP contribution in [0.15, 0.2) is 18.2 Å². The summed E-state index contributed by atoms with van der Waals surface area (Å²) in [5.41, 5.74) is 5.43. The normalized spacial score (nSPS) is 12.4. The van der Waals surface area contributed by atoms with Crippen molar-refractivity contribution in [2.45, 2.75) is 6.04 Å². The van der Waals surface area contributed by atoms with Crippen LogP contribution in [0.2, 0.25) is 0 Å². The van der Waals surface area contributed by atoms with E-state index in [1.807, 2.05) is 0 Å². The van der Waals surface area contributed by atoms with Crippen LogP contribution in [0.1, 0.15) is 11.6 Å². The summed E-state index contributed by atoms with van der Waals surface area (Å²) in [6.45, 7) is -0.380. The number of benzene rings is 1. The van der Waals surface area contributed by atoms with Crippen LogP contribution in [0.3, 0.4) is 0 Å². The van der Waals surface area contributed by atoms with Gasteiger partial charge in [0.05, 0.1) is 17.6 Å². The Balaban J connectivity index is 3.14. The molecule has 0 spiro atoms. The second-order valence-corrected chi connectivity index (χ2v) is 2.79. The molecule has 0 aliphatic heterocycles. The highest BCUT2D eigenvalue weighted by Crippen LogP contribution is 2.26. The minimum Gasteiger partial charge on any atom is -0.508 e. The summed E-state index contributed by atoms with van der Waals surface area (Å²) in [4.78, 5) is 9.81. The number of hydrogen-bond acceptors (Lipinski definition) is 5. The Morgan fingerprint density at radius 2 is 2.21 bits per heavy atom. The monoisotopic (exact) mass is 198 g/mol. The van der Waals surface area contributed by atoms with Gasteiger partial charge in [-0.15, -0.1) is 0 Å². The maximum Gasteiger partial charge on any atom is 0.270 e. The number of non-ortho nitro benzene ring substituents is 1. The Morgan fingerprint density at radius 1 is 1.57 bits per heavy atom. The van der Waals surface area contributed by atoms with E-state index < -0.39 is 11.0 Å². The Labute approximate surface area is 79.7 Å². The van der Waals surface area contributed by atoms with Crippen LogP contribution in [0.25, 0.3) is 0 Å². The standard InChI is InChI=1S/C8H10N2O4/c9-7(4-11)6-3-5(10(13)14)1-2-8(6)12/h1-3,7,11-12H,4,9H2. The summed E-state index contributed by atoms with van der Waals surface area (Å²) >= 11 is 0. The molecular formula is C8H10N2O4. The average molecular weight is 198 g/mol. The van der Waals surface area contributed by atoms with E-state index in [4.69, 9.17) is 10.8 Å². The van der Waals surface area contributed by atoms with E-state index >= 15 is 0 Å². The van der Waals surface area contributed by atoms with Gasteiger partial charge in [-0.2, -0.15) is 0 Å². The molecule has 0 bridgehead atoms. The quantitative estimate of drug-likeness (QED) is 0.477. The highest BCUT2D eigenvalue weighted by molar-refractivity contribution is 5.44. The van der Waals surface area contributed by atoms with Crippen LogP contribution in [0, 0.1) is 10.1 Å². The third-order valence-electron chi connectivity index (χ3n) is 1.82. The lowest BCUT2D eigenvalue weighted by Crippen LogP contribution is -2.14. The van der Waals surface area contributed by atoms with Crippen LogP contribution in [0.5, 0.6) is 5.75 Å². The highest BCUT2D eigenvalue weighted by atomic mass is 16.6. The predicted molar refractivity (Wildman–Crippen MR) is 48.8 cm³/mol. The SMILES string of the molecule is NC(CO)c1cc([N+](=O)[O-])ccc1O. The van der Waals surface area contributed by atoms with Crippen LogP contribution < -0.4 is 5.73 Å². The van der Waals surface area contributed by atoms with Gasteiger partial charge in [0.25, 0.3) is 5.69 Å². The minimum atomic E-state index is -0.810. The van der Waals surface area contributed by atoms with Crippen molar-refractivity contribution >= 4 is 5.69 Å². The number of phenols is 1. The molecule has 0 aliphatic rings. The van der Waals surface area contributed by atoms with Gasteiger partial charge in [-0.25, -0.2) is 0 Å². The van der Waals surface area contributed by atoms with Gasteiger partial charge in [0.1, 0.15) is 5.75 Å². The topological polar surface area (TPSA) is 110 Å². The van der Waals surface area contributed by atoms with Crippen LogP contribution >= 0.6 is 0 Å². The van der Waals surface area contributed by atoms with E-state index in [1.165, 1.54) is 12.1 Å². The summed E-state index contributed by atoms with van der Waals surface area (Å²) in [6.07, 6.45) is 0. The van der Waals surface area contributed by atoms with Crippen LogP contribution in [-0.2, 0) is 0 Å². The van der Waals surface area contributed by atoms with Crippen molar-refractivity contribution in [1.82, 2.24) is 0 Å². The number of phenolic OH excluding ortho intramolecular Hbond substituents is 1. The summed E-state index contributed by atoms with van der Waals surface area (Å²) < 4.78 is 0. The molecule has 1 unspecified atom stereocenters. The molecule has 1 aromatic rings. The van der Waals surface area contributed by atoms with Gasteiger partial charge in [0.15, 0.2) is 0 Å². The molecule has 0 fully saturated rings. The van der Waals surface area contributed by atoms with Crippen LogP contribution in [-0.4, -0.2) is 21.7 Å². The van der Waals surface area contributed by atoms with Gasteiger partial charge in [-0.1, -0.05) is 0 Å². The molecule has 0 radical (unpaired) electrons. The minimum absolute atomic E-state index is 0.155. The number of nitro groups is 1. The third kappa shape index (κ3) is 1.98. The van der Waals surface area contributed by atoms with Gasteiger partial charge in [0.2, 0.25) is 0 Å². The Bertz CT molecular complexity index is 353. The molecule has 0 aliphatic carbocycles. The summed E-state index contributed by atoms with van der Waals surface area (Å²) in [6, 6.07) is 2.69. The number of nitrogens with two attached hydrogens (primary N) is 1. The number of nitro benzene ring substituents is 1. The Morgan fingerprint density at radius 3 is 2.71 bits per heavy atom. The maximum atomic E-state index is 10.4. The first-order chi connectivity index (χ1) is 6.56. The first-order valence-corrected chi connectivity index (χ1v) is 3.90. The smallest absolute Gasteiger partial charge is 0.270 e. The second kappa shape index (κ2) is 4.03. The van der Waals surface area contributed by atoms with Gasteiger partial charge in [-0.3, -0.25) is 10.1 Å². The van der Waals surface area contributed by atoms with Gasteiger partial charge in [-0.05, 0) is 6.07 Å². The number of rotatable bonds is 3. The van der Waals surface area contributed by atoms with Gasteiger partial charge in [0, 0.05) is 17.7 Å². The zero-order valence-electron chi connectivity index (χ0n) is 7.25. The number of hydrogen-bond donors (Lipinski definition) is 3. The number of aromatic hydroxyl groups is 1. The van der Waals surface area contributed by atoms with Gasteiger partial charge >= 0.3 is 0 Å². The lowest BCUT2D eigenvalue weighted by molar-refractivity contribution is -0.385. The van der Waals surface area contributed by atoms with Crippen molar-refractivity contribution in [2.75, 3.05) is 6.61 Å². The predicted octanol–water partition coefficient (Wildman–Crippen LogP) is 0.292. The molecule has 0 amide bonds. The molecule has 1 aromatic carbocycles. The van der Waals surface area contributed by atoms with Gasteiger partial charge < -0.3 is 15.9 Å². The Hall–Kier alpha value is -1.66. The summed E-state index contributed by atoms with van der Waals surface area (Å²) in [5, 5.41) is 28.4. The van der Waals surface area contributed by atoms with Crippen molar-refractivity contribution < 1.29 is 15.1 Å². The first-order valence-electron chi connectivity index (χ1n) is 3.90. The molecule has 76 valence electrons. The second-order valence-electron chi connectivity index (χ2n) is 2.79. The first kappa shape index (κ1) is 10.4. The molecule has 0 heterocycles. The fraction of sp³-hybridized carbons (Fsp3) is 0.250. The maximum absolute atomic E-state index is 10.4. The molecule has 1 rings (SSSR count). The molecule has 0 saturated carbocycles. The van der Waals surface area contributed by atoms with Crippen molar-refractivity contribution in [1.29, 1.82) is 0 Å². The molecule has 4 N–H and O–H groups in total. The van der Waals surface area contributed by atoms with Crippen molar-refractivity contribution in [2.24, 2.45) is 5.73 Å². The fourth-order valence-electron chi connectivity index (χ4n) is 1.05. The zero-order valence-corrected chi connectivity index (χ0v) is 7.25. The molecule has 0 aromatic heterocycles. The molecular weight excluding hydrogens is 188 g/mol. The molecule has 0 saturated heterocycles. The number of aliphatic hydroxyl groups is 1. The fourth-order valence-corrected chi connectivity index (χ4v) is 1.05. The average Bonchev–Trinajstić information content (AvgIpc) is 2.17. The van der Waals surface area contributed by atoms with E-state index in [1.54, 1.807) is 0 Å². The van der Waals surface area contributed by atoms with Crippen LogP contribution in [0.4, 0.5) is 5.69 Å².